The molecule has 22 heavy (non-hydrogen) atoms. The summed E-state index contributed by atoms with van der Waals surface area (Å²) in [6, 6.07) is 10.8. The lowest BCUT2D eigenvalue weighted by atomic mass is 9.96. The fourth-order valence-electron chi connectivity index (χ4n) is 2.91. The monoisotopic (exact) mass is 296 g/mol. The lowest BCUT2D eigenvalue weighted by Crippen LogP contribution is -2.23. The fourth-order valence-corrected chi connectivity index (χ4v) is 2.91. The van der Waals surface area contributed by atoms with Gasteiger partial charge < -0.3 is 10.6 Å². The van der Waals surface area contributed by atoms with Crippen LogP contribution in [-0.4, -0.2) is 16.0 Å². The van der Waals surface area contributed by atoms with Crippen molar-refractivity contribution in [2.75, 3.05) is 10.6 Å². The van der Waals surface area contributed by atoms with Crippen molar-refractivity contribution in [2.24, 2.45) is 0 Å². The molecule has 0 bridgehead atoms. The minimum atomic E-state index is 0.516. The number of hydrogen-bond donors (Lipinski definition) is 2. The summed E-state index contributed by atoms with van der Waals surface area (Å²) >= 11 is 0. The molecule has 2 N–H and O–H groups in total. The average Bonchev–Trinajstić information content (AvgIpc) is 2.50. The molecule has 1 aliphatic carbocycles. The van der Waals surface area contributed by atoms with E-state index in [1.54, 1.807) is 0 Å². The summed E-state index contributed by atoms with van der Waals surface area (Å²) in [5.74, 6) is 1.58. The number of aromatic nitrogens is 2. The summed E-state index contributed by atoms with van der Waals surface area (Å²) in [5, 5.41) is 6.85. The number of nitrogens with one attached hydrogen (secondary N) is 2. The van der Waals surface area contributed by atoms with E-state index in [4.69, 9.17) is 0 Å². The van der Waals surface area contributed by atoms with Gasteiger partial charge in [-0.05, 0) is 38.8 Å². The van der Waals surface area contributed by atoms with Crippen molar-refractivity contribution in [3.05, 3.63) is 41.6 Å². The van der Waals surface area contributed by atoms with Gasteiger partial charge in [0.2, 0.25) is 5.95 Å². The van der Waals surface area contributed by atoms with Crippen LogP contribution < -0.4 is 10.6 Å². The topological polar surface area (TPSA) is 49.8 Å². The predicted molar refractivity (Wildman–Crippen MR) is 91.7 cm³/mol. The Balaban J connectivity index is 1.72. The van der Waals surface area contributed by atoms with Crippen molar-refractivity contribution in [3.63, 3.8) is 0 Å². The molecule has 0 spiro atoms. The van der Waals surface area contributed by atoms with Crippen LogP contribution in [0, 0.1) is 13.8 Å². The van der Waals surface area contributed by atoms with Crippen LogP contribution in [0.15, 0.2) is 30.3 Å². The molecule has 0 aliphatic heterocycles. The van der Waals surface area contributed by atoms with Crippen molar-refractivity contribution < 1.29 is 0 Å². The van der Waals surface area contributed by atoms with Gasteiger partial charge in [-0.2, -0.15) is 4.98 Å². The lowest BCUT2D eigenvalue weighted by molar-refractivity contribution is 0.461. The van der Waals surface area contributed by atoms with E-state index >= 15 is 0 Å². The summed E-state index contributed by atoms with van der Waals surface area (Å²) in [5.41, 5.74) is 3.28. The molecule has 4 nitrogen and oxygen atoms in total. The molecule has 1 fully saturated rings. The smallest absolute Gasteiger partial charge is 0.225 e. The molecular weight excluding hydrogens is 272 g/mol. The van der Waals surface area contributed by atoms with Gasteiger partial charge in [-0.25, -0.2) is 4.98 Å². The van der Waals surface area contributed by atoms with Crippen LogP contribution in [0.5, 0.6) is 0 Å². The molecule has 3 rings (SSSR count). The van der Waals surface area contributed by atoms with Gasteiger partial charge in [0.15, 0.2) is 0 Å². The number of aryl methyl sites for hydroxylation is 2. The SMILES string of the molecule is Cc1ccc(Nc2cc(C)nc(NC3CCCCC3)n2)cc1. The molecule has 0 unspecified atom stereocenters. The van der Waals surface area contributed by atoms with E-state index in [1.807, 2.05) is 13.0 Å². The van der Waals surface area contributed by atoms with Gasteiger partial charge in [-0.1, -0.05) is 37.0 Å². The van der Waals surface area contributed by atoms with Gasteiger partial charge in [0.25, 0.3) is 0 Å². The first-order valence-corrected chi connectivity index (χ1v) is 8.15. The maximum absolute atomic E-state index is 4.61. The molecule has 1 aromatic carbocycles. The van der Waals surface area contributed by atoms with Crippen molar-refractivity contribution in [3.8, 4) is 0 Å². The first kappa shape index (κ1) is 14.8. The van der Waals surface area contributed by atoms with E-state index in [2.05, 4.69) is 51.8 Å². The second-order valence-electron chi connectivity index (χ2n) is 6.19. The molecule has 0 atom stereocenters. The van der Waals surface area contributed by atoms with Crippen molar-refractivity contribution in [1.82, 2.24) is 9.97 Å². The Morgan fingerprint density at radius 3 is 2.41 bits per heavy atom. The first-order chi connectivity index (χ1) is 10.7. The number of anilines is 3. The molecule has 1 saturated carbocycles. The second-order valence-corrected chi connectivity index (χ2v) is 6.19. The van der Waals surface area contributed by atoms with Crippen LogP contribution in [0.3, 0.4) is 0 Å². The standard InChI is InChI=1S/C18H24N4/c1-13-8-10-16(11-9-13)20-17-12-14(2)19-18(22-17)21-15-6-4-3-5-7-15/h8-12,15H,3-7H2,1-2H3,(H2,19,20,21,22). The molecule has 0 saturated heterocycles. The largest absolute Gasteiger partial charge is 0.351 e. The van der Waals surface area contributed by atoms with E-state index in [9.17, 15) is 0 Å². The highest BCUT2D eigenvalue weighted by molar-refractivity contribution is 5.57. The van der Waals surface area contributed by atoms with Crippen LogP contribution in [0.1, 0.15) is 43.4 Å². The Hall–Kier alpha value is -2.10. The third-order valence-corrected chi connectivity index (χ3v) is 4.12. The molecule has 2 aromatic rings. The molecule has 116 valence electrons. The normalized spacial score (nSPS) is 15.5. The number of rotatable bonds is 4. The van der Waals surface area contributed by atoms with Crippen LogP contribution >= 0.6 is 0 Å². The molecule has 0 radical (unpaired) electrons. The Morgan fingerprint density at radius 2 is 1.68 bits per heavy atom. The molecule has 1 aliphatic rings. The maximum Gasteiger partial charge on any atom is 0.225 e. The average molecular weight is 296 g/mol. The molecule has 4 heteroatoms. The van der Waals surface area contributed by atoms with E-state index in [0.29, 0.717) is 6.04 Å². The third-order valence-electron chi connectivity index (χ3n) is 4.12. The first-order valence-electron chi connectivity index (χ1n) is 8.15. The third kappa shape index (κ3) is 3.97. The van der Waals surface area contributed by atoms with Crippen molar-refractivity contribution in [1.29, 1.82) is 0 Å². The van der Waals surface area contributed by atoms with E-state index < -0.39 is 0 Å². The molecule has 0 amide bonds. The Bertz CT molecular complexity index is 615. The van der Waals surface area contributed by atoms with Gasteiger partial charge in [0.05, 0.1) is 0 Å². The zero-order valence-corrected chi connectivity index (χ0v) is 13.4. The maximum atomic E-state index is 4.61. The number of nitrogens with zero attached hydrogens (tertiary/aromatic N) is 2. The summed E-state index contributed by atoms with van der Waals surface area (Å²) < 4.78 is 0. The summed E-state index contributed by atoms with van der Waals surface area (Å²) in [6.45, 7) is 4.10. The zero-order valence-electron chi connectivity index (χ0n) is 13.4. The summed E-state index contributed by atoms with van der Waals surface area (Å²) in [6.07, 6.45) is 6.40. The van der Waals surface area contributed by atoms with Crippen LogP contribution in [0.4, 0.5) is 17.5 Å². The van der Waals surface area contributed by atoms with E-state index in [1.165, 1.54) is 37.7 Å². The van der Waals surface area contributed by atoms with Crippen molar-refractivity contribution >= 4 is 17.5 Å². The predicted octanol–water partition coefficient (Wildman–Crippen LogP) is 4.58. The fraction of sp³-hybridized carbons (Fsp3) is 0.444. The highest BCUT2D eigenvalue weighted by Crippen LogP contribution is 2.22. The van der Waals surface area contributed by atoms with Gasteiger partial charge in [0, 0.05) is 23.5 Å². The summed E-state index contributed by atoms with van der Waals surface area (Å²) in [4.78, 5) is 9.13. The second kappa shape index (κ2) is 6.77. The Kier molecular flexibility index (Phi) is 4.56. The minimum absolute atomic E-state index is 0.516. The van der Waals surface area contributed by atoms with Gasteiger partial charge in [-0.15, -0.1) is 0 Å². The molecular formula is C18H24N4. The Labute approximate surface area is 132 Å². The van der Waals surface area contributed by atoms with Crippen LogP contribution in [0.2, 0.25) is 0 Å². The lowest BCUT2D eigenvalue weighted by Gasteiger charge is -2.23. The van der Waals surface area contributed by atoms with Gasteiger partial charge >= 0.3 is 0 Å². The Morgan fingerprint density at radius 1 is 0.955 bits per heavy atom. The summed E-state index contributed by atoms with van der Waals surface area (Å²) in [7, 11) is 0. The van der Waals surface area contributed by atoms with Gasteiger partial charge in [-0.3, -0.25) is 0 Å². The van der Waals surface area contributed by atoms with Crippen LogP contribution in [-0.2, 0) is 0 Å². The zero-order chi connectivity index (χ0) is 15.4. The minimum Gasteiger partial charge on any atom is -0.351 e. The number of benzene rings is 1. The molecule has 1 heterocycles. The van der Waals surface area contributed by atoms with Gasteiger partial charge in [0.1, 0.15) is 5.82 Å². The highest BCUT2D eigenvalue weighted by atomic mass is 15.2. The van der Waals surface area contributed by atoms with E-state index in [-0.39, 0.29) is 0 Å². The highest BCUT2D eigenvalue weighted by Gasteiger charge is 2.14. The number of hydrogen-bond acceptors (Lipinski definition) is 4. The van der Waals surface area contributed by atoms with Crippen molar-refractivity contribution in [2.45, 2.75) is 52.0 Å². The van der Waals surface area contributed by atoms with Crippen LogP contribution in [0.25, 0.3) is 0 Å². The van der Waals surface area contributed by atoms with E-state index in [0.717, 1.165) is 23.1 Å². The molecule has 1 aromatic heterocycles. The quantitative estimate of drug-likeness (QED) is 0.867.